The molecule has 7 heteroatoms. The van der Waals surface area contributed by atoms with E-state index in [2.05, 4.69) is 26.0 Å². The normalized spacial score (nSPS) is 10.6. The summed E-state index contributed by atoms with van der Waals surface area (Å²) in [7, 11) is 0. The van der Waals surface area contributed by atoms with Crippen LogP contribution in [0.15, 0.2) is 40.9 Å². The Labute approximate surface area is 146 Å². The fraction of sp³-hybridized carbons (Fsp3) is 0.235. The van der Waals surface area contributed by atoms with E-state index >= 15 is 0 Å². The topological polar surface area (TPSA) is 47.6 Å². The Morgan fingerprint density at radius 2 is 1.96 bits per heavy atom. The molecule has 0 aliphatic heterocycles. The number of carbonyl (C=O) groups is 1. The van der Waals surface area contributed by atoms with E-state index in [9.17, 15) is 13.6 Å². The van der Waals surface area contributed by atoms with Gasteiger partial charge >= 0.3 is 12.7 Å². The first-order valence-corrected chi connectivity index (χ1v) is 7.88. The van der Waals surface area contributed by atoms with Crippen molar-refractivity contribution >= 4 is 27.7 Å². The van der Waals surface area contributed by atoms with Crippen LogP contribution in [0.5, 0.6) is 5.75 Å². The van der Waals surface area contributed by atoms with Crippen LogP contribution >= 0.6 is 15.9 Å². The van der Waals surface area contributed by atoms with Crippen LogP contribution in [0.25, 0.3) is 0 Å². The van der Waals surface area contributed by atoms with Crippen LogP contribution in [0.2, 0.25) is 0 Å². The first-order chi connectivity index (χ1) is 11.3. The van der Waals surface area contributed by atoms with Gasteiger partial charge in [-0.05, 0) is 37.6 Å². The van der Waals surface area contributed by atoms with Crippen molar-refractivity contribution in [3.05, 3.63) is 57.6 Å². The molecule has 2 aromatic rings. The zero-order chi connectivity index (χ0) is 17.7. The van der Waals surface area contributed by atoms with Gasteiger partial charge in [-0.1, -0.05) is 39.7 Å². The molecular formula is C17H16BrF2NO3. The largest absolute Gasteiger partial charge is 0.489 e. The number of hydrogen-bond acceptors (Lipinski definition) is 3. The van der Waals surface area contributed by atoms with E-state index in [1.807, 2.05) is 32.0 Å². The van der Waals surface area contributed by atoms with E-state index < -0.39 is 12.7 Å². The average molecular weight is 400 g/mol. The van der Waals surface area contributed by atoms with E-state index in [1.54, 1.807) is 18.2 Å². The zero-order valence-corrected chi connectivity index (χ0v) is 14.7. The lowest BCUT2D eigenvalue weighted by Crippen LogP contribution is -2.18. The smallest absolute Gasteiger partial charge is 0.416 e. The molecule has 0 saturated carbocycles. The van der Waals surface area contributed by atoms with Crippen LogP contribution in [0.1, 0.15) is 16.7 Å². The van der Waals surface area contributed by atoms with Crippen molar-refractivity contribution in [2.45, 2.75) is 27.1 Å². The molecule has 0 spiro atoms. The van der Waals surface area contributed by atoms with Crippen molar-refractivity contribution in [2.75, 3.05) is 5.32 Å². The molecule has 4 nitrogen and oxygen atoms in total. The molecule has 0 radical (unpaired) electrons. The van der Waals surface area contributed by atoms with E-state index in [4.69, 9.17) is 4.74 Å². The number of anilines is 1. The lowest BCUT2D eigenvalue weighted by Gasteiger charge is -2.14. The van der Waals surface area contributed by atoms with Gasteiger partial charge in [0, 0.05) is 10.0 Å². The first-order valence-electron chi connectivity index (χ1n) is 7.09. The molecule has 0 unspecified atom stereocenters. The summed E-state index contributed by atoms with van der Waals surface area (Å²) in [5, 5.41) is 2.29. The second-order valence-electron chi connectivity index (χ2n) is 5.15. The van der Waals surface area contributed by atoms with Gasteiger partial charge in [-0.3, -0.25) is 5.32 Å². The quantitative estimate of drug-likeness (QED) is 0.730. The molecule has 24 heavy (non-hydrogen) atoms. The predicted molar refractivity (Wildman–Crippen MR) is 90.5 cm³/mol. The molecule has 1 amide bonds. The molecule has 0 saturated heterocycles. The van der Waals surface area contributed by atoms with Crippen LogP contribution in [0.4, 0.5) is 19.3 Å². The summed E-state index contributed by atoms with van der Waals surface area (Å²) in [5.41, 5.74) is 3.07. The van der Waals surface area contributed by atoms with Crippen molar-refractivity contribution in [1.82, 2.24) is 0 Å². The zero-order valence-electron chi connectivity index (χ0n) is 13.1. The van der Waals surface area contributed by atoms with Gasteiger partial charge in [0.15, 0.2) is 0 Å². The molecule has 2 rings (SSSR count). The van der Waals surface area contributed by atoms with Gasteiger partial charge in [0.05, 0.1) is 5.69 Å². The van der Waals surface area contributed by atoms with Gasteiger partial charge in [-0.15, -0.1) is 0 Å². The SMILES string of the molecule is Cc1ccc(OCc2ccc(Br)cc2NC(=O)OC(F)F)c(C)c1. The maximum Gasteiger partial charge on any atom is 0.416 e. The van der Waals surface area contributed by atoms with Gasteiger partial charge in [0.25, 0.3) is 0 Å². The molecule has 2 aromatic carbocycles. The molecule has 0 heterocycles. The summed E-state index contributed by atoms with van der Waals surface area (Å²) in [4.78, 5) is 11.4. The van der Waals surface area contributed by atoms with Crippen LogP contribution in [-0.4, -0.2) is 12.7 Å². The van der Waals surface area contributed by atoms with Crippen molar-refractivity contribution in [1.29, 1.82) is 0 Å². The number of nitrogens with one attached hydrogen (secondary N) is 1. The van der Waals surface area contributed by atoms with Gasteiger partial charge < -0.3 is 9.47 Å². The Kier molecular flexibility index (Phi) is 6.14. The molecule has 0 bridgehead atoms. The summed E-state index contributed by atoms with van der Waals surface area (Å²) in [6.45, 7) is 0.916. The molecule has 1 N–H and O–H groups in total. The Hall–Kier alpha value is -2.15. The van der Waals surface area contributed by atoms with E-state index in [1.165, 1.54) is 0 Å². The van der Waals surface area contributed by atoms with E-state index in [0.29, 0.717) is 21.5 Å². The number of benzene rings is 2. The maximum atomic E-state index is 12.1. The Morgan fingerprint density at radius 1 is 1.21 bits per heavy atom. The monoisotopic (exact) mass is 399 g/mol. The highest BCUT2D eigenvalue weighted by Gasteiger charge is 2.13. The van der Waals surface area contributed by atoms with Crippen LogP contribution in [-0.2, 0) is 11.3 Å². The fourth-order valence-electron chi connectivity index (χ4n) is 2.13. The second kappa shape index (κ2) is 8.10. The Morgan fingerprint density at radius 3 is 2.62 bits per heavy atom. The molecule has 0 aliphatic rings. The standard InChI is InChI=1S/C17H16BrF2NO3/c1-10-3-6-15(11(2)7-10)23-9-12-4-5-13(18)8-14(12)21-17(22)24-16(19)20/h3-8,16H,9H2,1-2H3,(H,21,22). The average Bonchev–Trinajstić information content (AvgIpc) is 2.47. The summed E-state index contributed by atoms with van der Waals surface area (Å²) in [5.74, 6) is 0.713. The number of ether oxygens (including phenoxy) is 2. The van der Waals surface area contributed by atoms with Gasteiger partial charge in [0.1, 0.15) is 12.4 Å². The minimum absolute atomic E-state index is 0.168. The maximum absolute atomic E-state index is 12.1. The lowest BCUT2D eigenvalue weighted by atomic mass is 10.1. The third-order valence-electron chi connectivity index (χ3n) is 3.22. The number of alkyl halides is 2. The minimum atomic E-state index is -3.17. The van der Waals surface area contributed by atoms with E-state index in [-0.39, 0.29) is 6.61 Å². The summed E-state index contributed by atoms with van der Waals surface area (Å²) < 4.78 is 34.4. The highest BCUT2D eigenvalue weighted by molar-refractivity contribution is 9.10. The first kappa shape index (κ1) is 18.2. The number of aryl methyl sites for hydroxylation is 2. The highest BCUT2D eigenvalue weighted by atomic mass is 79.9. The van der Waals surface area contributed by atoms with Crippen LogP contribution in [0, 0.1) is 13.8 Å². The van der Waals surface area contributed by atoms with Crippen LogP contribution < -0.4 is 10.1 Å². The Balaban J connectivity index is 2.13. The van der Waals surface area contributed by atoms with E-state index in [0.717, 1.165) is 11.1 Å². The summed E-state index contributed by atoms with van der Waals surface area (Å²) >= 11 is 3.27. The number of halogens is 3. The van der Waals surface area contributed by atoms with Gasteiger partial charge in [0.2, 0.25) is 0 Å². The fourth-order valence-corrected chi connectivity index (χ4v) is 2.49. The minimum Gasteiger partial charge on any atom is -0.489 e. The predicted octanol–water partition coefficient (Wildman–Crippen LogP) is 5.42. The molecule has 128 valence electrons. The van der Waals surface area contributed by atoms with Crippen molar-refractivity contribution < 1.29 is 23.0 Å². The Bertz CT molecular complexity index is 738. The summed E-state index contributed by atoms with van der Waals surface area (Å²) in [6.07, 6.45) is -1.23. The number of amides is 1. The molecule has 0 fully saturated rings. The van der Waals surface area contributed by atoms with Crippen LogP contribution in [0.3, 0.4) is 0 Å². The number of carbonyl (C=O) groups excluding carboxylic acids is 1. The molecular weight excluding hydrogens is 384 g/mol. The van der Waals surface area contributed by atoms with Gasteiger partial charge in [-0.25, -0.2) is 4.79 Å². The molecule has 0 aliphatic carbocycles. The van der Waals surface area contributed by atoms with Crippen molar-refractivity contribution in [3.8, 4) is 5.75 Å². The molecule has 0 aromatic heterocycles. The second-order valence-corrected chi connectivity index (χ2v) is 6.07. The van der Waals surface area contributed by atoms with Crippen molar-refractivity contribution in [3.63, 3.8) is 0 Å². The third kappa shape index (κ3) is 5.19. The highest BCUT2D eigenvalue weighted by Crippen LogP contribution is 2.25. The van der Waals surface area contributed by atoms with Crippen molar-refractivity contribution in [2.24, 2.45) is 0 Å². The summed E-state index contributed by atoms with van der Waals surface area (Å²) in [6, 6.07) is 10.9. The molecule has 0 atom stereocenters. The van der Waals surface area contributed by atoms with Gasteiger partial charge in [-0.2, -0.15) is 8.78 Å². The number of rotatable bonds is 5. The third-order valence-corrected chi connectivity index (χ3v) is 3.71. The number of hydrogen-bond donors (Lipinski definition) is 1. The lowest BCUT2D eigenvalue weighted by molar-refractivity contribution is -0.0766.